The van der Waals surface area contributed by atoms with E-state index < -0.39 is 0 Å². The first-order chi connectivity index (χ1) is 9.31. The second-order valence-corrected chi connectivity index (χ2v) is 3.89. The zero-order valence-corrected chi connectivity index (χ0v) is 10.8. The van der Waals surface area contributed by atoms with Crippen molar-refractivity contribution >= 4 is 17.5 Å². The number of nitrogens with zero attached hydrogens (tertiary/aromatic N) is 3. The molecule has 0 saturated heterocycles. The molecule has 19 heavy (non-hydrogen) atoms. The Hall–Kier alpha value is -2.43. The van der Waals surface area contributed by atoms with Crippen LogP contribution in [0.5, 0.6) is 0 Å². The van der Waals surface area contributed by atoms with Crippen molar-refractivity contribution in [2.45, 2.75) is 6.92 Å². The van der Waals surface area contributed by atoms with E-state index in [1.165, 1.54) is 0 Å². The molecule has 0 spiro atoms. The number of hydrogen-bond donors (Lipinski definition) is 1. The normalized spacial score (nSPS) is 9.95. The molecule has 1 N–H and O–H groups in total. The van der Waals surface area contributed by atoms with E-state index >= 15 is 0 Å². The summed E-state index contributed by atoms with van der Waals surface area (Å²) in [6, 6.07) is 11.0. The van der Waals surface area contributed by atoms with Crippen LogP contribution in [0.1, 0.15) is 6.92 Å². The van der Waals surface area contributed by atoms with Gasteiger partial charge in [0.25, 0.3) is 0 Å². The van der Waals surface area contributed by atoms with Crippen LogP contribution < -0.4 is 10.2 Å². The van der Waals surface area contributed by atoms with Crippen molar-refractivity contribution < 1.29 is 4.79 Å². The van der Waals surface area contributed by atoms with Crippen molar-refractivity contribution in [3.63, 3.8) is 0 Å². The number of likely N-dealkylation sites (N-methyl/N-ethyl adjacent to an activating group) is 1. The van der Waals surface area contributed by atoms with Crippen LogP contribution in [0, 0.1) is 0 Å². The first-order valence-corrected chi connectivity index (χ1v) is 6.17. The number of nitrogens with one attached hydrogen (secondary N) is 1. The lowest BCUT2D eigenvalue weighted by atomic mass is 10.4. The highest BCUT2D eigenvalue weighted by Crippen LogP contribution is 2.09. The Labute approximate surface area is 112 Å². The predicted octanol–water partition coefficient (Wildman–Crippen LogP) is 1.94. The second-order valence-electron chi connectivity index (χ2n) is 3.89. The van der Waals surface area contributed by atoms with Crippen LogP contribution in [0.2, 0.25) is 0 Å². The molecule has 98 valence electrons. The average molecular weight is 256 g/mol. The number of rotatable bonds is 5. The van der Waals surface area contributed by atoms with Crippen molar-refractivity contribution in [1.82, 2.24) is 9.97 Å². The largest absolute Gasteiger partial charge is 0.361 e. The molecule has 5 heteroatoms. The van der Waals surface area contributed by atoms with Gasteiger partial charge >= 0.3 is 0 Å². The number of amides is 1. The van der Waals surface area contributed by atoms with Crippen LogP contribution in [0.25, 0.3) is 0 Å². The number of pyridine rings is 2. The van der Waals surface area contributed by atoms with Gasteiger partial charge in [-0.3, -0.25) is 9.69 Å². The van der Waals surface area contributed by atoms with Gasteiger partial charge in [-0.25, -0.2) is 9.97 Å². The lowest BCUT2D eigenvalue weighted by molar-refractivity contribution is -0.117. The summed E-state index contributed by atoms with van der Waals surface area (Å²) in [7, 11) is 0. The zero-order chi connectivity index (χ0) is 13.5. The molecule has 0 aliphatic rings. The molecular formula is C14H16N4O. The van der Waals surface area contributed by atoms with E-state index in [1.807, 2.05) is 43.3 Å². The van der Waals surface area contributed by atoms with Gasteiger partial charge in [-0.05, 0) is 31.2 Å². The van der Waals surface area contributed by atoms with Crippen LogP contribution in [0.4, 0.5) is 11.6 Å². The highest BCUT2D eigenvalue weighted by molar-refractivity contribution is 5.95. The number of hydrogen-bond acceptors (Lipinski definition) is 4. The molecule has 0 aliphatic heterocycles. The van der Waals surface area contributed by atoms with Crippen molar-refractivity contribution in [2.75, 3.05) is 23.3 Å². The first kappa shape index (κ1) is 13.0. The lowest BCUT2D eigenvalue weighted by Gasteiger charge is -2.20. The number of carbonyl (C=O) groups excluding carboxylic acids is 1. The fourth-order valence-corrected chi connectivity index (χ4v) is 1.71. The summed E-state index contributed by atoms with van der Waals surface area (Å²) in [5.74, 6) is 1.32. The molecule has 2 rings (SSSR count). The third kappa shape index (κ3) is 3.51. The van der Waals surface area contributed by atoms with E-state index in [1.54, 1.807) is 17.3 Å². The number of anilines is 2. The molecule has 0 fully saturated rings. The van der Waals surface area contributed by atoms with Gasteiger partial charge in [-0.1, -0.05) is 12.1 Å². The molecule has 0 atom stereocenters. The molecule has 2 aromatic heterocycles. The van der Waals surface area contributed by atoms with Gasteiger partial charge in [-0.2, -0.15) is 0 Å². The van der Waals surface area contributed by atoms with Gasteiger partial charge < -0.3 is 5.32 Å². The number of aromatic nitrogens is 2. The molecule has 0 unspecified atom stereocenters. The Balaban J connectivity index is 1.98. The van der Waals surface area contributed by atoms with Crippen LogP contribution in [-0.2, 0) is 4.79 Å². The standard InChI is InChI=1S/C14H16N4O/c1-2-18(13-8-4-6-10-16-13)14(19)11-17-12-7-3-5-9-15-12/h3-10H,2,11H2,1H3,(H,15,17). The fraction of sp³-hybridized carbons (Fsp3) is 0.214. The molecular weight excluding hydrogens is 240 g/mol. The summed E-state index contributed by atoms with van der Waals surface area (Å²) >= 11 is 0. The van der Waals surface area contributed by atoms with Crippen molar-refractivity contribution in [2.24, 2.45) is 0 Å². The van der Waals surface area contributed by atoms with Gasteiger partial charge in [0.2, 0.25) is 5.91 Å². The quantitative estimate of drug-likeness (QED) is 0.888. The molecule has 0 aliphatic carbocycles. The summed E-state index contributed by atoms with van der Waals surface area (Å²) < 4.78 is 0. The fourth-order valence-electron chi connectivity index (χ4n) is 1.71. The minimum absolute atomic E-state index is 0.0353. The molecule has 2 aromatic rings. The van der Waals surface area contributed by atoms with Gasteiger partial charge in [0.05, 0.1) is 6.54 Å². The topological polar surface area (TPSA) is 58.1 Å². The van der Waals surface area contributed by atoms with E-state index in [2.05, 4.69) is 15.3 Å². The van der Waals surface area contributed by atoms with Gasteiger partial charge in [0.15, 0.2) is 0 Å². The first-order valence-electron chi connectivity index (χ1n) is 6.17. The van der Waals surface area contributed by atoms with Crippen molar-refractivity contribution in [1.29, 1.82) is 0 Å². The molecule has 1 amide bonds. The summed E-state index contributed by atoms with van der Waals surface area (Å²) in [5.41, 5.74) is 0. The van der Waals surface area contributed by atoms with Crippen LogP contribution in [0.3, 0.4) is 0 Å². The summed E-state index contributed by atoms with van der Waals surface area (Å²) in [5, 5.41) is 3.00. The maximum atomic E-state index is 12.1. The maximum Gasteiger partial charge on any atom is 0.247 e. The molecule has 0 radical (unpaired) electrons. The highest BCUT2D eigenvalue weighted by Gasteiger charge is 2.14. The highest BCUT2D eigenvalue weighted by atomic mass is 16.2. The Morgan fingerprint density at radius 1 is 1.16 bits per heavy atom. The third-order valence-electron chi connectivity index (χ3n) is 2.63. The molecule has 5 nitrogen and oxygen atoms in total. The monoisotopic (exact) mass is 256 g/mol. The van der Waals surface area contributed by atoms with Gasteiger partial charge in [0.1, 0.15) is 11.6 Å². The zero-order valence-electron chi connectivity index (χ0n) is 10.8. The Kier molecular flexibility index (Phi) is 4.44. The minimum Gasteiger partial charge on any atom is -0.361 e. The summed E-state index contributed by atoms with van der Waals surface area (Å²) in [4.78, 5) is 22.1. The molecule has 0 aromatic carbocycles. The Morgan fingerprint density at radius 3 is 2.47 bits per heavy atom. The minimum atomic E-state index is -0.0353. The number of carbonyl (C=O) groups is 1. The Morgan fingerprint density at radius 2 is 1.89 bits per heavy atom. The Bertz CT molecular complexity index is 515. The molecule has 0 saturated carbocycles. The van der Waals surface area contributed by atoms with Crippen LogP contribution >= 0.6 is 0 Å². The van der Waals surface area contributed by atoms with Crippen molar-refractivity contribution in [3.05, 3.63) is 48.8 Å². The molecule has 2 heterocycles. The maximum absolute atomic E-state index is 12.1. The second kappa shape index (κ2) is 6.49. The smallest absolute Gasteiger partial charge is 0.247 e. The van der Waals surface area contributed by atoms with Crippen LogP contribution in [-0.4, -0.2) is 29.0 Å². The van der Waals surface area contributed by atoms with E-state index in [0.717, 1.165) is 0 Å². The summed E-state index contributed by atoms with van der Waals surface area (Å²) in [6.07, 6.45) is 3.36. The van der Waals surface area contributed by atoms with E-state index in [-0.39, 0.29) is 12.5 Å². The predicted molar refractivity (Wildman–Crippen MR) is 75.0 cm³/mol. The van der Waals surface area contributed by atoms with Crippen molar-refractivity contribution in [3.8, 4) is 0 Å². The average Bonchev–Trinajstić information content (AvgIpc) is 2.48. The molecule has 0 bridgehead atoms. The third-order valence-corrected chi connectivity index (χ3v) is 2.63. The van der Waals surface area contributed by atoms with E-state index in [0.29, 0.717) is 18.2 Å². The summed E-state index contributed by atoms with van der Waals surface area (Å²) in [6.45, 7) is 2.70. The van der Waals surface area contributed by atoms with E-state index in [4.69, 9.17) is 0 Å². The SMILES string of the molecule is CCN(C(=O)CNc1ccccn1)c1ccccn1. The van der Waals surface area contributed by atoms with Gasteiger partial charge in [-0.15, -0.1) is 0 Å². The van der Waals surface area contributed by atoms with Crippen LogP contribution in [0.15, 0.2) is 48.8 Å². The van der Waals surface area contributed by atoms with E-state index in [9.17, 15) is 4.79 Å². The lowest BCUT2D eigenvalue weighted by Crippen LogP contribution is -2.36. The van der Waals surface area contributed by atoms with Gasteiger partial charge in [0, 0.05) is 18.9 Å².